The largest absolute Gasteiger partial charge is 0.490 e. The third kappa shape index (κ3) is 5.10. The van der Waals surface area contributed by atoms with Crippen molar-refractivity contribution in [2.45, 2.75) is 131 Å². The van der Waals surface area contributed by atoms with Crippen LogP contribution < -0.4 is 0 Å². The van der Waals surface area contributed by atoms with Gasteiger partial charge in [0.1, 0.15) is 11.9 Å². The van der Waals surface area contributed by atoms with Crippen LogP contribution in [0.5, 0.6) is 0 Å². The Morgan fingerprint density at radius 1 is 1.07 bits per heavy atom. The van der Waals surface area contributed by atoms with Crippen molar-refractivity contribution in [2.75, 3.05) is 0 Å². The number of aliphatic hydroxyl groups excluding tert-OH is 1. The fourth-order valence-electron chi connectivity index (χ4n) is 7.53. The summed E-state index contributed by atoms with van der Waals surface area (Å²) in [6, 6.07) is 0. The number of carbonyl (C=O) groups excluding carboxylic acids is 3. The van der Waals surface area contributed by atoms with Crippen molar-refractivity contribution in [3.05, 3.63) is 11.3 Å². The number of rotatable bonds is 12. The van der Waals surface area contributed by atoms with Gasteiger partial charge in [-0.05, 0) is 64.7 Å². The second-order valence-electron chi connectivity index (χ2n) is 14.5. The van der Waals surface area contributed by atoms with E-state index in [0.29, 0.717) is 19.3 Å². The molecule has 9 nitrogen and oxygen atoms in total. The number of ketones is 3. The molecule has 0 aromatic carbocycles. The summed E-state index contributed by atoms with van der Waals surface area (Å²) in [6.45, 7) is 14.9. The maximum Gasteiger partial charge on any atom is 0.303 e. The van der Waals surface area contributed by atoms with Crippen LogP contribution in [0.15, 0.2) is 11.3 Å². The number of carbonyl (C=O) groups is 4. The van der Waals surface area contributed by atoms with Crippen LogP contribution in [0.1, 0.15) is 107 Å². The summed E-state index contributed by atoms with van der Waals surface area (Å²) in [4.78, 5) is 56.6. The minimum Gasteiger partial charge on any atom is -0.490 e. The molecule has 1 saturated heterocycles. The molecule has 0 aromatic rings. The Kier molecular flexibility index (Phi) is 8.86. The van der Waals surface area contributed by atoms with Gasteiger partial charge >= 0.3 is 5.97 Å². The summed E-state index contributed by atoms with van der Waals surface area (Å²) in [6.07, 6.45) is -0.982. The number of ether oxygens (including phenoxy) is 1. The molecule has 2 bridgehead atoms. The van der Waals surface area contributed by atoms with Crippen molar-refractivity contribution < 1.29 is 44.3 Å². The quantitative estimate of drug-likeness (QED) is 0.251. The molecule has 4 N–H and O–H groups in total. The number of carboxylic acids is 1. The van der Waals surface area contributed by atoms with Gasteiger partial charge < -0.3 is 25.2 Å². The number of fused-ring (bicyclic) bond motifs is 1. The summed E-state index contributed by atoms with van der Waals surface area (Å²) in [5, 5.41) is 42.5. The molecular formula is C32H50O9. The smallest absolute Gasteiger partial charge is 0.303 e. The highest BCUT2D eigenvalue weighted by molar-refractivity contribution is 6.33. The molecule has 41 heavy (non-hydrogen) atoms. The lowest BCUT2D eigenvalue weighted by atomic mass is 9.38. The lowest BCUT2D eigenvalue weighted by molar-refractivity contribution is -0.179. The van der Waals surface area contributed by atoms with Gasteiger partial charge in [0.15, 0.2) is 22.8 Å². The molecule has 2 fully saturated rings. The molecule has 3 aliphatic rings. The van der Waals surface area contributed by atoms with E-state index < -0.39 is 80.7 Å². The van der Waals surface area contributed by atoms with Crippen molar-refractivity contribution in [2.24, 2.45) is 34.0 Å². The van der Waals surface area contributed by atoms with Crippen molar-refractivity contribution in [1.29, 1.82) is 0 Å². The van der Waals surface area contributed by atoms with Crippen LogP contribution in [0, 0.1) is 34.0 Å². The van der Waals surface area contributed by atoms with E-state index in [0.717, 1.165) is 0 Å². The number of hydrogen-bond donors (Lipinski definition) is 4. The Bertz CT molecular complexity index is 1120. The average Bonchev–Trinajstić information content (AvgIpc) is 3.22. The molecule has 1 aliphatic heterocycles. The van der Waals surface area contributed by atoms with Gasteiger partial charge in [-0.25, -0.2) is 0 Å². The molecule has 0 unspecified atom stereocenters. The second-order valence-corrected chi connectivity index (χ2v) is 14.5. The van der Waals surface area contributed by atoms with Crippen molar-refractivity contribution in [1.82, 2.24) is 0 Å². The Balaban J connectivity index is 2.46. The molecule has 1 spiro atoms. The van der Waals surface area contributed by atoms with Gasteiger partial charge in [0, 0.05) is 23.8 Å². The van der Waals surface area contributed by atoms with Crippen LogP contribution in [0.25, 0.3) is 0 Å². The first-order valence-corrected chi connectivity index (χ1v) is 15.0. The van der Waals surface area contributed by atoms with Crippen molar-refractivity contribution in [3.8, 4) is 0 Å². The van der Waals surface area contributed by atoms with Crippen LogP contribution in [0.2, 0.25) is 0 Å². The number of allylic oxidation sites excluding steroid dienone is 2. The van der Waals surface area contributed by atoms with E-state index in [9.17, 15) is 30.0 Å². The predicted octanol–water partition coefficient (Wildman–Crippen LogP) is 4.00. The third-order valence-electron chi connectivity index (χ3n) is 10.4. The van der Waals surface area contributed by atoms with Crippen LogP contribution in [-0.2, 0) is 23.9 Å². The van der Waals surface area contributed by atoms with E-state index in [-0.39, 0.29) is 37.0 Å². The van der Waals surface area contributed by atoms with Gasteiger partial charge in [0.25, 0.3) is 0 Å². The SMILES string of the molecule is CCC[C@@H](CC(=O)O)C1=C2O[C@H](C(C)(C)O)C[C@@]23C[C@H](C[C@H](O)C(C)(C)O)C(C)(C)[C@@](C(=O)[C@@H](C)CC)(C1=O)C3=O. The Labute approximate surface area is 243 Å². The highest BCUT2D eigenvalue weighted by Crippen LogP contribution is 2.69. The number of Topliss-reactive ketones (excluding diaryl/α,β-unsaturated/α-hetero) is 3. The van der Waals surface area contributed by atoms with Crippen molar-refractivity contribution >= 4 is 23.3 Å². The summed E-state index contributed by atoms with van der Waals surface area (Å²) in [7, 11) is 0. The topological polar surface area (TPSA) is 158 Å². The normalized spacial score (nSPS) is 31.8. The highest BCUT2D eigenvalue weighted by Gasteiger charge is 2.78. The first-order valence-electron chi connectivity index (χ1n) is 15.0. The zero-order valence-corrected chi connectivity index (χ0v) is 26.2. The minimum atomic E-state index is -2.13. The van der Waals surface area contributed by atoms with Crippen LogP contribution in [0.4, 0.5) is 0 Å². The standard InChI is InChI=1S/C32H50O9/c1-10-12-18(13-22(34)35)23-25(37)32(24(36)17(3)11-2)27(38)31(16-21(30(8,9)40)41-26(23)31)15-19(28(32,4)5)14-20(33)29(6,7)39/h17-21,33,39-40H,10-16H2,1-9H3,(H,34,35)/t17-,18-,19-,20-,21-,31-,32-/m0/s1. The van der Waals surface area contributed by atoms with E-state index in [1.54, 1.807) is 34.6 Å². The highest BCUT2D eigenvalue weighted by atomic mass is 16.5. The average molecular weight is 579 g/mol. The van der Waals surface area contributed by atoms with Gasteiger partial charge in [0.05, 0.1) is 29.1 Å². The molecule has 9 heteroatoms. The third-order valence-corrected chi connectivity index (χ3v) is 10.4. The van der Waals surface area contributed by atoms with Crippen LogP contribution in [-0.4, -0.2) is 67.2 Å². The molecule has 7 atom stereocenters. The first kappa shape index (κ1) is 33.4. The Morgan fingerprint density at radius 2 is 1.66 bits per heavy atom. The summed E-state index contributed by atoms with van der Waals surface area (Å²) in [5.41, 5.74) is -7.65. The molecule has 0 radical (unpaired) electrons. The molecule has 3 rings (SSSR count). The maximum absolute atomic E-state index is 15.0. The summed E-state index contributed by atoms with van der Waals surface area (Å²) >= 11 is 0. The van der Waals surface area contributed by atoms with E-state index in [1.807, 2.05) is 13.8 Å². The van der Waals surface area contributed by atoms with Crippen molar-refractivity contribution in [3.63, 3.8) is 0 Å². The maximum atomic E-state index is 15.0. The zero-order chi connectivity index (χ0) is 31.5. The van der Waals surface area contributed by atoms with E-state index in [4.69, 9.17) is 4.74 Å². The number of aliphatic hydroxyl groups is 3. The summed E-state index contributed by atoms with van der Waals surface area (Å²) in [5.74, 6) is -4.77. The molecule has 0 aromatic heterocycles. The molecule has 2 aliphatic carbocycles. The minimum absolute atomic E-state index is 0.0219. The second kappa shape index (κ2) is 10.9. The molecule has 1 saturated carbocycles. The predicted molar refractivity (Wildman–Crippen MR) is 152 cm³/mol. The first-order chi connectivity index (χ1) is 18.6. The van der Waals surface area contributed by atoms with Gasteiger partial charge in [-0.3, -0.25) is 19.2 Å². The van der Waals surface area contributed by atoms with Gasteiger partial charge in [-0.15, -0.1) is 0 Å². The molecule has 232 valence electrons. The van der Waals surface area contributed by atoms with E-state index in [1.165, 1.54) is 13.8 Å². The molecular weight excluding hydrogens is 528 g/mol. The van der Waals surface area contributed by atoms with Crippen LogP contribution >= 0.6 is 0 Å². The number of carboxylic acid groups (broad SMARTS) is 1. The lowest BCUT2D eigenvalue weighted by Gasteiger charge is -2.60. The van der Waals surface area contributed by atoms with E-state index in [2.05, 4.69) is 0 Å². The molecule has 1 heterocycles. The van der Waals surface area contributed by atoms with Gasteiger partial charge in [-0.2, -0.15) is 0 Å². The zero-order valence-electron chi connectivity index (χ0n) is 26.2. The monoisotopic (exact) mass is 578 g/mol. The van der Waals surface area contributed by atoms with Gasteiger partial charge in [0.2, 0.25) is 0 Å². The lowest BCUT2D eigenvalue weighted by Crippen LogP contribution is -2.70. The van der Waals surface area contributed by atoms with Gasteiger partial charge in [-0.1, -0.05) is 41.0 Å². The fraction of sp³-hybridized carbons (Fsp3) is 0.812. The molecule has 0 amide bonds. The number of hydrogen-bond acceptors (Lipinski definition) is 8. The Morgan fingerprint density at radius 3 is 2.12 bits per heavy atom. The van der Waals surface area contributed by atoms with Crippen LogP contribution in [0.3, 0.4) is 0 Å². The fourth-order valence-corrected chi connectivity index (χ4v) is 7.53. The number of aliphatic carboxylic acids is 1. The summed E-state index contributed by atoms with van der Waals surface area (Å²) < 4.78 is 6.34. The Hall–Kier alpha value is -2.10. The van der Waals surface area contributed by atoms with E-state index >= 15 is 9.59 Å².